The van der Waals surface area contributed by atoms with Crippen molar-refractivity contribution in [2.75, 3.05) is 5.32 Å². The number of nitrogens with one attached hydrogen (secondary N) is 1. The van der Waals surface area contributed by atoms with Gasteiger partial charge in [-0.15, -0.1) is 0 Å². The fourth-order valence-electron chi connectivity index (χ4n) is 3.47. The van der Waals surface area contributed by atoms with Crippen molar-refractivity contribution in [1.29, 1.82) is 0 Å². The van der Waals surface area contributed by atoms with Gasteiger partial charge in [0.2, 0.25) is 0 Å². The molecule has 0 amide bonds. The lowest BCUT2D eigenvalue weighted by Crippen LogP contribution is -2.06. The van der Waals surface area contributed by atoms with Crippen molar-refractivity contribution in [3.8, 4) is 0 Å². The van der Waals surface area contributed by atoms with E-state index in [0.29, 0.717) is 22.7 Å². The van der Waals surface area contributed by atoms with E-state index in [0.717, 1.165) is 36.2 Å². The highest BCUT2D eigenvalue weighted by Gasteiger charge is 2.30. The molecular weight excluding hydrogens is 415 g/mol. The molecule has 0 saturated heterocycles. The van der Waals surface area contributed by atoms with Gasteiger partial charge in [0.15, 0.2) is 11.6 Å². The minimum Gasteiger partial charge on any atom is -0.338 e. The van der Waals surface area contributed by atoms with E-state index in [2.05, 4.69) is 27.3 Å². The predicted molar refractivity (Wildman–Crippen MR) is 120 cm³/mol. The molecule has 164 valence electrons. The Hall–Kier alpha value is -3.68. The second-order valence-electron chi connectivity index (χ2n) is 7.40. The lowest BCUT2D eigenvalue weighted by Gasteiger charge is -2.12. The Morgan fingerprint density at radius 3 is 2.50 bits per heavy atom. The summed E-state index contributed by atoms with van der Waals surface area (Å²) in [7, 11) is 1.78. The third-order valence-electron chi connectivity index (χ3n) is 4.93. The molecule has 0 spiro atoms. The van der Waals surface area contributed by atoms with Gasteiger partial charge in [0, 0.05) is 12.7 Å². The summed E-state index contributed by atoms with van der Waals surface area (Å²) >= 11 is 0. The Kier molecular flexibility index (Phi) is 5.94. The average molecular weight is 437 g/mol. The van der Waals surface area contributed by atoms with Crippen molar-refractivity contribution < 1.29 is 13.2 Å². The minimum atomic E-state index is -4.43. The molecule has 2 aromatic carbocycles. The molecule has 0 saturated carbocycles. The largest absolute Gasteiger partial charge is 0.416 e. The molecule has 0 aliphatic heterocycles. The summed E-state index contributed by atoms with van der Waals surface area (Å²) in [6.07, 6.45) is 0.879. The van der Waals surface area contributed by atoms with Gasteiger partial charge in [0.05, 0.1) is 11.3 Å². The van der Waals surface area contributed by atoms with Crippen LogP contribution in [0.5, 0.6) is 0 Å². The molecule has 8 heteroatoms. The van der Waals surface area contributed by atoms with E-state index in [1.54, 1.807) is 23.9 Å². The number of fused-ring (bicyclic) bond motifs is 1. The number of halogens is 3. The molecular formula is C24H22F3N5. The van der Waals surface area contributed by atoms with Crippen LogP contribution < -0.4 is 5.32 Å². The summed E-state index contributed by atoms with van der Waals surface area (Å²) in [5.74, 6) is 0.848. The van der Waals surface area contributed by atoms with Crippen LogP contribution in [0, 0.1) is 0 Å². The van der Waals surface area contributed by atoms with Gasteiger partial charge in [-0.1, -0.05) is 55.8 Å². The molecule has 0 atom stereocenters. The van der Waals surface area contributed by atoms with Gasteiger partial charge >= 0.3 is 6.18 Å². The van der Waals surface area contributed by atoms with Gasteiger partial charge in [-0.05, 0) is 36.3 Å². The van der Waals surface area contributed by atoms with Crippen molar-refractivity contribution in [1.82, 2.24) is 19.7 Å². The highest BCUT2D eigenvalue weighted by atomic mass is 19.4. The third-order valence-corrected chi connectivity index (χ3v) is 4.93. The van der Waals surface area contributed by atoms with Crippen LogP contribution in [-0.2, 0) is 19.6 Å². The molecule has 0 radical (unpaired) electrons. The summed E-state index contributed by atoms with van der Waals surface area (Å²) in [5, 5.41) is 7.62. The van der Waals surface area contributed by atoms with Gasteiger partial charge in [-0.3, -0.25) is 4.68 Å². The van der Waals surface area contributed by atoms with E-state index >= 15 is 0 Å². The molecule has 2 heterocycles. The van der Waals surface area contributed by atoms with Crippen LogP contribution in [0.1, 0.15) is 36.0 Å². The Morgan fingerprint density at radius 2 is 1.78 bits per heavy atom. The Bertz CT molecular complexity index is 1260. The molecule has 2 aromatic heterocycles. The Balaban J connectivity index is 1.80. The fraction of sp³-hybridized carbons (Fsp3) is 0.208. The number of hydrogen-bond acceptors (Lipinski definition) is 4. The Labute approximate surface area is 183 Å². The predicted octanol–water partition coefficient (Wildman–Crippen LogP) is 6.25. The van der Waals surface area contributed by atoms with Gasteiger partial charge in [-0.2, -0.15) is 18.3 Å². The molecule has 32 heavy (non-hydrogen) atoms. The first-order valence-electron chi connectivity index (χ1n) is 10.3. The van der Waals surface area contributed by atoms with Crippen molar-refractivity contribution in [3.63, 3.8) is 0 Å². The maximum absolute atomic E-state index is 13.2. The van der Waals surface area contributed by atoms with Crippen LogP contribution >= 0.6 is 0 Å². The highest BCUT2D eigenvalue weighted by molar-refractivity contribution is 5.90. The zero-order chi connectivity index (χ0) is 22.7. The van der Waals surface area contributed by atoms with Crippen LogP contribution in [-0.4, -0.2) is 19.7 Å². The summed E-state index contributed by atoms with van der Waals surface area (Å²) in [6, 6.07) is 14.8. The number of alkyl halides is 3. The van der Waals surface area contributed by atoms with E-state index < -0.39 is 11.7 Å². The SMILES string of the molecule is CCCc1nn(C)c2c(Nc3cccc(C(F)(F)F)c3)nc(C=Cc3ccccc3)nc12. The zero-order valence-electron chi connectivity index (χ0n) is 17.7. The summed E-state index contributed by atoms with van der Waals surface area (Å²) in [4.78, 5) is 9.27. The van der Waals surface area contributed by atoms with Crippen LogP contribution in [0.2, 0.25) is 0 Å². The van der Waals surface area contributed by atoms with E-state index in [9.17, 15) is 13.2 Å². The first-order valence-corrected chi connectivity index (χ1v) is 10.3. The minimum absolute atomic E-state index is 0.288. The number of aryl methyl sites for hydroxylation is 2. The van der Waals surface area contributed by atoms with Gasteiger partial charge < -0.3 is 5.32 Å². The maximum atomic E-state index is 13.2. The quantitative estimate of drug-likeness (QED) is 0.387. The van der Waals surface area contributed by atoms with Gasteiger partial charge in [0.25, 0.3) is 0 Å². The average Bonchev–Trinajstić information content (AvgIpc) is 3.08. The van der Waals surface area contributed by atoms with E-state index in [1.165, 1.54) is 6.07 Å². The number of anilines is 2. The smallest absolute Gasteiger partial charge is 0.338 e. The number of aromatic nitrogens is 4. The highest BCUT2D eigenvalue weighted by Crippen LogP contribution is 2.32. The molecule has 4 rings (SSSR count). The summed E-state index contributed by atoms with van der Waals surface area (Å²) in [6.45, 7) is 2.06. The summed E-state index contributed by atoms with van der Waals surface area (Å²) < 4.78 is 41.2. The van der Waals surface area contributed by atoms with E-state index in [1.807, 2.05) is 36.4 Å². The second-order valence-corrected chi connectivity index (χ2v) is 7.40. The number of hydrogen-bond donors (Lipinski definition) is 1. The second kappa shape index (κ2) is 8.82. The normalized spacial score (nSPS) is 12.0. The van der Waals surface area contributed by atoms with Crippen molar-refractivity contribution in [2.24, 2.45) is 7.05 Å². The third kappa shape index (κ3) is 4.64. The maximum Gasteiger partial charge on any atom is 0.416 e. The zero-order valence-corrected chi connectivity index (χ0v) is 17.7. The number of benzene rings is 2. The molecule has 1 N–H and O–H groups in total. The van der Waals surface area contributed by atoms with Crippen molar-refractivity contribution in [3.05, 3.63) is 77.2 Å². The number of nitrogens with zero attached hydrogens (tertiary/aromatic N) is 4. The van der Waals surface area contributed by atoms with Gasteiger partial charge in [-0.25, -0.2) is 9.97 Å². The van der Waals surface area contributed by atoms with Crippen LogP contribution in [0.15, 0.2) is 54.6 Å². The van der Waals surface area contributed by atoms with Gasteiger partial charge in [0.1, 0.15) is 11.0 Å². The molecule has 0 fully saturated rings. The fourth-order valence-corrected chi connectivity index (χ4v) is 3.47. The van der Waals surface area contributed by atoms with E-state index in [-0.39, 0.29) is 5.69 Å². The van der Waals surface area contributed by atoms with Crippen LogP contribution in [0.4, 0.5) is 24.7 Å². The van der Waals surface area contributed by atoms with Crippen LogP contribution in [0.3, 0.4) is 0 Å². The first kappa shape index (κ1) is 21.5. The molecule has 0 unspecified atom stereocenters. The Morgan fingerprint density at radius 1 is 1.00 bits per heavy atom. The lowest BCUT2D eigenvalue weighted by atomic mass is 10.2. The number of rotatable bonds is 6. The molecule has 4 aromatic rings. The van der Waals surface area contributed by atoms with Crippen molar-refractivity contribution in [2.45, 2.75) is 25.9 Å². The lowest BCUT2D eigenvalue weighted by molar-refractivity contribution is -0.137. The van der Waals surface area contributed by atoms with Crippen LogP contribution in [0.25, 0.3) is 23.2 Å². The van der Waals surface area contributed by atoms with Crippen molar-refractivity contribution >= 4 is 34.7 Å². The summed E-state index contributed by atoms with van der Waals surface area (Å²) in [5.41, 5.74) is 2.70. The standard InChI is InChI=1S/C24H22F3N5/c1-3-8-19-21-22(32(2)31-19)23(28-18-12-7-11-17(15-18)24(25,26)27)30-20(29-21)14-13-16-9-5-4-6-10-16/h4-7,9-15H,3,8H2,1-2H3,(H,28,29,30). The van der Waals surface area contributed by atoms with E-state index in [4.69, 9.17) is 0 Å². The molecule has 0 aliphatic rings. The molecule has 0 aliphatic carbocycles. The topological polar surface area (TPSA) is 55.6 Å². The first-order chi connectivity index (χ1) is 15.3. The monoisotopic (exact) mass is 437 g/mol. The molecule has 0 bridgehead atoms. The molecule has 5 nitrogen and oxygen atoms in total.